The SMILES string of the molecule is CS(=O)(=O)c1ccc(N2N=C(C(F)F)CC2c2ccc3c(c2)OCO3)cn1. The second-order valence-corrected chi connectivity index (χ2v) is 8.16. The maximum atomic E-state index is 13.3. The minimum atomic E-state index is -3.46. The van der Waals surface area contributed by atoms with Gasteiger partial charge < -0.3 is 9.47 Å². The van der Waals surface area contributed by atoms with E-state index in [1.165, 1.54) is 23.3 Å². The molecule has 27 heavy (non-hydrogen) atoms. The molecule has 7 nitrogen and oxygen atoms in total. The van der Waals surface area contributed by atoms with E-state index in [-0.39, 0.29) is 24.0 Å². The molecular formula is C17H15F2N3O4S. The second-order valence-electron chi connectivity index (χ2n) is 6.20. The summed E-state index contributed by atoms with van der Waals surface area (Å²) in [6.07, 6.45) is -0.290. The summed E-state index contributed by atoms with van der Waals surface area (Å²) in [5.41, 5.74) is 0.899. The molecule has 0 saturated heterocycles. The number of halogens is 2. The number of ether oxygens (including phenoxy) is 2. The van der Waals surface area contributed by atoms with Crippen molar-refractivity contribution in [2.75, 3.05) is 18.1 Å². The van der Waals surface area contributed by atoms with Gasteiger partial charge in [-0.15, -0.1) is 0 Å². The smallest absolute Gasteiger partial charge is 0.278 e. The van der Waals surface area contributed by atoms with E-state index in [4.69, 9.17) is 9.47 Å². The predicted octanol–water partition coefficient (Wildman–Crippen LogP) is 2.79. The summed E-state index contributed by atoms with van der Waals surface area (Å²) in [5, 5.41) is 5.37. The van der Waals surface area contributed by atoms with Crippen LogP contribution in [0.1, 0.15) is 18.0 Å². The van der Waals surface area contributed by atoms with Gasteiger partial charge in [0.05, 0.1) is 17.9 Å². The lowest BCUT2D eigenvalue weighted by Crippen LogP contribution is -2.19. The van der Waals surface area contributed by atoms with E-state index in [0.717, 1.165) is 11.8 Å². The molecule has 1 aromatic carbocycles. The molecule has 1 atom stereocenters. The third-order valence-electron chi connectivity index (χ3n) is 4.33. The molecule has 1 aromatic heterocycles. The van der Waals surface area contributed by atoms with Gasteiger partial charge in [0, 0.05) is 12.7 Å². The molecule has 0 N–H and O–H groups in total. The summed E-state index contributed by atoms with van der Waals surface area (Å²) in [6.45, 7) is 0.114. The number of rotatable bonds is 4. The fourth-order valence-corrected chi connectivity index (χ4v) is 3.57. The first kappa shape index (κ1) is 17.7. The van der Waals surface area contributed by atoms with Crippen molar-refractivity contribution in [3.05, 3.63) is 42.1 Å². The standard InChI is InChI=1S/C17H15F2N3O4S/c1-27(23,24)16-5-3-11(8-20-16)22-13(7-12(21-22)17(18)19)10-2-4-14-15(6-10)26-9-25-14/h2-6,8,13,17H,7,9H2,1H3. The Bertz CT molecular complexity index is 1010. The van der Waals surface area contributed by atoms with E-state index < -0.39 is 22.3 Å². The zero-order valence-corrected chi connectivity index (χ0v) is 15.0. The lowest BCUT2D eigenvalue weighted by atomic mass is 10.0. The molecule has 0 spiro atoms. The first-order valence-corrected chi connectivity index (χ1v) is 9.92. The Morgan fingerprint density at radius 3 is 2.63 bits per heavy atom. The molecule has 3 heterocycles. The second kappa shape index (κ2) is 6.45. The summed E-state index contributed by atoms with van der Waals surface area (Å²) < 4.78 is 60.3. The minimum absolute atomic E-state index is 0.0329. The molecule has 10 heteroatoms. The Labute approximate surface area is 154 Å². The van der Waals surface area contributed by atoms with Crippen molar-refractivity contribution in [2.24, 2.45) is 5.10 Å². The van der Waals surface area contributed by atoms with Gasteiger partial charge in [-0.2, -0.15) is 5.10 Å². The number of benzene rings is 1. The van der Waals surface area contributed by atoms with Crippen LogP contribution in [0.4, 0.5) is 14.5 Å². The quantitative estimate of drug-likeness (QED) is 0.792. The van der Waals surface area contributed by atoms with Crippen molar-refractivity contribution in [2.45, 2.75) is 23.9 Å². The molecular weight excluding hydrogens is 380 g/mol. The number of pyridine rings is 1. The van der Waals surface area contributed by atoms with E-state index in [2.05, 4.69) is 10.1 Å². The highest BCUT2D eigenvalue weighted by atomic mass is 32.2. The van der Waals surface area contributed by atoms with Gasteiger partial charge in [0.25, 0.3) is 6.43 Å². The van der Waals surface area contributed by atoms with Crippen molar-refractivity contribution in [1.29, 1.82) is 0 Å². The topological polar surface area (TPSA) is 81.1 Å². The third-order valence-corrected chi connectivity index (χ3v) is 5.33. The van der Waals surface area contributed by atoms with Crippen LogP contribution in [0, 0.1) is 0 Å². The third kappa shape index (κ3) is 3.32. The molecule has 4 rings (SSSR count). The maximum absolute atomic E-state index is 13.3. The molecule has 0 saturated carbocycles. The number of fused-ring (bicyclic) bond motifs is 1. The molecule has 0 amide bonds. The van der Waals surface area contributed by atoms with Crippen molar-refractivity contribution in [3.63, 3.8) is 0 Å². The number of alkyl halides is 2. The van der Waals surface area contributed by atoms with E-state index in [1.807, 2.05) is 0 Å². The van der Waals surface area contributed by atoms with Crippen LogP contribution in [0.25, 0.3) is 0 Å². The van der Waals surface area contributed by atoms with Crippen molar-refractivity contribution in [1.82, 2.24) is 4.98 Å². The van der Waals surface area contributed by atoms with E-state index in [9.17, 15) is 17.2 Å². The minimum Gasteiger partial charge on any atom is -0.454 e. The van der Waals surface area contributed by atoms with Crippen LogP contribution in [-0.4, -0.2) is 38.6 Å². The molecule has 1 unspecified atom stereocenters. The zero-order valence-electron chi connectivity index (χ0n) is 14.2. The fraction of sp³-hybridized carbons (Fsp3) is 0.294. The first-order chi connectivity index (χ1) is 12.8. The Morgan fingerprint density at radius 2 is 1.96 bits per heavy atom. The molecule has 0 fully saturated rings. The summed E-state index contributed by atoms with van der Waals surface area (Å²) in [4.78, 5) is 3.92. The monoisotopic (exact) mass is 395 g/mol. The zero-order chi connectivity index (χ0) is 19.2. The van der Waals surface area contributed by atoms with Crippen molar-refractivity contribution < 1.29 is 26.7 Å². The number of anilines is 1. The number of hydrogen-bond donors (Lipinski definition) is 0. The van der Waals surface area contributed by atoms with Gasteiger partial charge in [-0.3, -0.25) is 5.01 Å². The fourth-order valence-electron chi connectivity index (χ4n) is 3.01. The summed E-state index contributed by atoms with van der Waals surface area (Å²) in [7, 11) is -3.46. The van der Waals surface area contributed by atoms with Gasteiger partial charge in [0.2, 0.25) is 6.79 Å². The van der Waals surface area contributed by atoms with Crippen molar-refractivity contribution >= 4 is 21.2 Å². The van der Waals surface area contributed by atoms with E-state index >= 15 is 0 Å². The molecule has 0 aliphatic carbocycles. The van der Waals surface area contributed by atoms with Crippen LogP contribution in [0.2, 0.25) is 0 Å². The van der Waals surface area contributed by atoms with Crippen LogP contribution >= 0.6 is 0 Å². The molecule has 0 bridgehead atoms. The van der Waals surface area contributed by atoms with Gasteiger partial charge in [-0.05, 0) is 29.8 Å². The van der Waals surface area contributed by atoms with Gasteiger partial charge in [0.1, 0.15) is 5.71 Å². The van der Waals surface area contributed by atoms with Crippen LogP contribution in [0.5, 0.6) is 11.5 Å². The normalized spacial score (nSPS) is 18.9. The van der Waals surface area contributed by atoms with Gasteiger partial charge in [-0.25, -0.2) is 22.2 Å². The lowest BCUT2D eigenvalue weighted by molar-refractivity contribution is 0.174. The van der Waals surface area contributed by atoms with Crippen LogP contribution in [0.3, 0.4) is 0 Å². The van der Waals surface area contributed by atoms with Gasteiger partial charge >= 0.3 is 0 Å². The molecule has 2 aliphatic rings. The highest BCUT2D eigenvalue weighted by Crippen LogP contribution is 2.40. The Balaban J connectivity index is 1.71. The Morgan fingerprint density at radius 1 is 1.19 bits per heavy atom. The number of hydrazone groups is 1. The molecule has 0 radical (unpaired) electrons. The highest BCUT2D eigenvalue weighted by molar-refractivity contribution is 7.90. The molecule has 2 aromatic rings. The maximum Gasteiger partial charge on any atom is 0.278 e. The van der Waals surface area contributed by atoms with E-state index in [1.54, 1.807) is 18.2 Å². The van der Waals surface area contributed by atoms with Crippen LogP contribution < -0.4 is 14.5 Å². The number of hydrogen-bond acceptors (Lipinski definition) is 7. The summed E-state index contributed by atoms with van der Waals surface area (Å²) in [6, 6.07) is 7.57. The number of nitrogens with zero attached hydrogens (tertiary/aromatic N) is 3. The molecule has 2 aliphatic heterocycles. The average molecular weight is 395 g/mol. The van der Waals surface area contributed by atoms with E-state index in [0.29, 0.717) is 17.2 Å². The first-order valence-electron chi connectivity index (χ1n) is 8.03. The van der Waals surface area contributed by atoms with Crippen molar-refractivity contribution in [3.8, 4) is 11.5 Å². The summed E-state index contributed by atoms with van der Waals surface area (Å²) >= 11 is 0. The number of aromatic nitrogens is 1. The molecule has 142 valence electrons. The van der Waals surface area contributed by atoms with Crippen LogP contribution in [-0.2, 0) is 9.84 Å². The number of sulfone groups is 1. The van der Waals surface area contributed by atoms with Gasteiger partial charge in [-0.1, -0.05) is 6.07 Å². The van der Waals surface area contributed by atoms with Gasteiger partial charge in [0.15, 0.2) is 26.4 Å². The Hall–Kier alpha value is -2.75. The Kier molecular flexibility index (Phi) is 4.22. The highest BCUT2D eigenvalue weighted by Gasteiger charge is 2.34. The van der Waals surface area contributed by atoms with Crippen LogP contribution in [0.15, 0.2) is 46.7 Å². The summed E-state index contributed by atoms with van der Waals surface area (Å²) in [5.74, 6) is 1.14. The lowest BCUT2D eigenvalue weighted by Gasteiger charge is -2.24. The average Bonchev–Trinajstić information content (AvgIpc) is 3.27. The predicted molar refractivity (Wildman–Crippen MR) is 93.2 cm³/mol. The largest absolute Gasteiger partial charge is 0.454 e.